The van der Waals surface area contributed by atoms with Gasteiger partial charge in [-0.2, -0.15) is 0 Å². The molecule has 1 aromatic heterocycles. The molecule has 1 aliphatic heterocycles. The summed E-state index contributed by atoms with van der Waals surface area (Å²) in [7, 11) is 0. The standard InChI is InChI=1S/C14H18N2O/c1-2-6-16-7-5-14-12(9-16)11-8-10(17)3-4-13(11)15-14/h3-4,8,15,17H,2,5-7,9H2,1H3. The summed E-state index contributed by atoms with van der Waals surface area (Å²) < 4.78 is 0. The fourth-order valence-electron chi connectivity index (χ4n) is 2.77. The van der Waals surface area contributed by atoms with Crippen molar-refractivity contribution in [3.8, 4) is 5.75 Å². The quantitative estimate of drug-likeness (QED) is 0.832. The zero-order valence-corrected chi connectivity index (χ0v) is 10.2. The lowest BCUT2D eigenvalue weighted by Gasteiger charge is -2.26. The Morgan fingerprint density at radius 2 is 2.29 bits per heavy atom. The van der Waals surface area contributed by atoms with Crippen molar-refractivity contribution >= 4 is 10.9 Å². The number of hydrogen-bond acceptors (Lipinski definition) is 2. The van der Waals surface area contributed by atoms with Crippen LogP contribution in [0.5, 0.6) is 5.75 Å². The summed E-state index contributed by atoms with van der Waals surface area (Å²) in [4.78, 5) is 5.95. The summed E-state index contributed by atoms with van der Waals surface area (Å²) in [6, 6.07) is 5.58. The lowest BCUT2D eigenvalue weighted by molar-refractivity contribution is 0.255. The number of fused-ring (bicyclic) bond motifs is 3. The van der Waals surface area contributed by atoms with Crippen molar-refractivity contribution in [2.75, 3.05) is 13.1 Å². The van der Waals surface area contributed by atoms with Gasteiger partial charge in [0.05, 0.1) is 0 Å². The molecule has 0 unspecified atom stereocenters. The maximum atomic E-state index is 9.59. The Kier molecular flexibility index (Phi) is 2.56. The van der Waals surface area contributed by atoms with E-state index in [0.717, 1.165) is 31.6 Å². The van der Waals surface area contributed by atoms with Crippen LogP contribution in [0, 0.1) is 0 Å². The van der Waals surface area contributed by atoms with E-state index in [1.807, 2.05) is 12.1 Å². The van der Waals surface area contributed by atoms with Gasteiger partial charge in [0.1, 0.15) is 5.75 Å². The molecule has 2 heterocycles. The number of aromatic nitrogens is 1. The molecule has 3 heteroatoms. The minimum Gasteiger partial charge on any atom is -0.508 e. The highest BCUT2D eigenvalue weighted by Crippen LogP contribution is 2.29. The maximum Gasteiger partial charge on any atom is 0.116 e. The molecule has 3 nitrogen and oxygen atoms in total. The molecule has 0 radical (unpaired) electrons. The molecule has 0 saturated heterocycles. The van der Waals surface area contributed by atoms with E-state index in [1.165, 1.54) is 23.1 Å². The van der Waals surface area contributed by atoms with E-state index in [-0.39, 0.29) is 0 Å². The monoisotopic (exact) mass is 230 g/mol. The van der Waals surface area contributed by atoms with Crippen LogP contribution >= 0.6 is 0 Å². The zero-order chi connectivity index (χ0) is 11.8. The van der Waals surface area contributed by atoms with Gasteiger partial charge in [-0.05, 0) is 36.7 Å². The average molecular weight is 230 g/mol. The second kappa shape index (κ2) is 4.08. The first-order valence-corrected chi connectivity index (χ1v) is 6.32. The number of phenolic OH excluding ortho intramolecular Hbond substituents is 1. The van der Waals surface area contributed by atoms with Gasteiger partial charge in [0.2, 0.25) is 0 Å². The summed E-state index contributed by atoms with van der Waals surface area (Å²) in [6.07, 6.45) is 2.29. The molecule has 90 valence electrons. The highest BCUT2D eigenvalue weighted by atomic mass is 16.3. The van der Waals surface area contributed by atoms with E-state index in [9.17, 15) is 5.11 Å². The van der Waals surface area contributed by atoms with Gasteiger partial charge in [-0.1, -0.05) is 6.92 Å². The number of rotatable bonds is 2. The highest BCUT2D eigenvalue weighted by molar-refractivity contribution is 5.86. The number of H-pyrrole nitrogens is 1. The Hall–Kier alpha value is -1.48. The molecular weight excluding hydrogens is 212 g/mol. The predicted molar refractivity (Wildman–Crippen MR) is 69.2 cm³/mol. The first-order valence-electron chi connectivity index (χ1n) is 6.32. The third kappa shape index (κ3) is 1.80. The summed E-state index contributed by atoms with van der Waals surface area (Å²) in [5.74, 6) is 0.354. The van der Waals surface area contributed by atoms with Crippen molar-refractivity contribution in [1.29, 1.82) is 0 Å². The summed E-state index contributed by atoms with van der Waals surface area (Å²) in [6.45, 7) is 5.52. The van der Waals surface area contributed by atoms with Crippen LogP contribution in [0.3, 0.4) is 0 Å². The van der Waals surface area contributed by atoms with Crippen molar-refractivity contribution in [3.05, 3.63) is 29.5 Å². The fourth-order valence-corrected chi connectivity index (χ4v) is 2.77. The van der Waals surface area contributed by atoms with Gasteiger partial charge in [0, 0.05) is 36.1 Å². The maximum absolute atomic E-state index is 9.59. The van der Waals surface area contributed by atoms with Crippen molar-refractivity contribution in [3.63, 3.8) is 0 Å². The number of nitrogens with one attached hydrogen (secondary N) is 1. The largest absolute Gasteiger partial charge is 0.508 e. The van der Waals surface area contributed by atoms with Crippen molar-refractivity contribution in [2.45, 2.75) is 26.3 Å². The molecule has 1 aromatic carbocycles. The molecule has 0 fully saturated rings. The van der Waals surface area contributed by atoms with Gasteiger partial charge >= 0.3 is 0 Å². The lowest BCUT2D eigenvalue weighted by atomic mass is 10.0. The topological polar surface area (TPSA) is 39.3 Å². The SMILES string of the molecule is CCCN1CCc2[nH]c3ccc(O)cc3c2C1. The molecule has 17 heavy (non-hydrogen) atoms. The van der Waals surface area contributed by atoms with Crippen molar-refractivity contribution < 1.29 is 5.11 Å². The van der Waals surface area contributed by atoms with Crippen LogP contribution < -0.4 is 0 Å². The van der Waals surface area contributed by atoms with Gasteiger partial charge in [0.25, 0.3) is 0 Å². The summed E-state index contributed by atoms with van der Waals surface area (Å²) >= 11 is 0. The van der Waals surface area contributed by atoms with Gasteiger partial charge in [-0.3, -0.25) is 4.90 Å². The Labute approximate surface area is 101 Å². The Balaban J connectivity index is 2.04. The summed E-state index contributed by atoms with van der Waals surface area (Å²) in [5.41, 5.74) is 3.86. The number of benzene rings is 1. The predicted octanol–water partition coefficient (Wildman–Crippen LogP) is 2.64. The van der Waals surface area contributed by atoms with E-state index in [0.29, 0.717) is 5.75 Å². The van der Waals surface area contributed by atoms with E-state index in [2.05, 4.69) is 16.8 Å². The second-order valence-electron chi connectivity index (χ2n) is 4.84. The molecule has 0 spiro atoms. The Morgan fingerprint density at radius 3 is 3.12 bits per heavy atom. The van der Waals surface area contributed by atoms with Crippen LogP contribution in [-0.4, -0.2) is 28.1 Å². The molecule has 0 saturated carbocycles. The second-order valence-corrected chi connectivity index (χ2v) is 4.84. The van der Waals surface area contributed by atoms with Crippen molar-refractivity contribution in [1.82, 2.24) is 9.88 Å². The number of aromatic amines is 1. The third-order valence-electron chi connectivity index (χ3n) is 3.58. The third-order valence-corrected chi connectivity index (χ3v) is 3.58. The minimum atomic E-state index is 0.354. The minimum absolute atomic E-state index is 0.354. The normalized spacial score (nSPS) is 16.3. The number of nitrogens with zero attached hydrogens (tertiary/aromatic N) is 1. The average Bonchev–Trinajstić information content (AvgIpc) is 2.67. The molecule has 0 aliphatic carbocycles. The van der Waals surface area contributed by atoms with Gasteiger partial charge in [-0.15, -0.1) is 0 Å². The molecule has 0 atom stereocenters. The number of hydrogen-bond donors (Lipinski definition) is 2. The van der Waals surface area contributed by atoms with E-state index >= 15 is 0 Å². The Bertz CT molecular complexity index is 544. The molecule has 3 rings (SSSR count). The smallest absolute Gasteiger partial charge is 0.116 e. The van der Waals surface area contributed by atoms with E-state index in [4.69, 9.17) is 0 Å². The molecule has 0 amide bonds. The molecule has 2 N–H and O–H groups in total. The van der Waals surface area contributed by atoms with Crippen LogP contribution in [0.1, 0.15) is 24.6 Å². The Morgan fingerprint density at radius 1 is 1.41 bits per heavy atom. The van der Waals surface area contributed by atoms with E-state index in [1.54, 1.807) is 6.07 Å². The summed E-state index contributed by atoms with van der Waals surface area (Å²) in [5, 5.41) is 10.8. The fraction of sp³-hybridized carbons (Fsp3) is 0.429. The van der Waals surface area contributed by atoms with Crippen LogP contribution in [-0.2, 0) is 13.0 Å². The van der Waals surface area contributed by atoms with Crippen LogP contribution in [0.25, 0.3) is 10.9 Å². The lowest BCUT2D eigenvalue weighted by Crippen LogP contribution is -2.30. The molecule has 1 aliphatic rings. The van der Waals surface area contributed by atoms with Crippen LogP contribution in [0.15, 0.2) is 18.2 Å². The molecular formula is C14H18N2O. The first-order chi connectivity index (χ1) is 8.28. The number of aromatic hydroxyl groups is 1. The molecule has 2 aromatic rings. The molecule has 0 bridgehead atoms. The van der Waals surface area contributed by atoms with Crippen molar-refractivity contribution in [2.24, 2.45) is 0 Å². The zero-order valence-electron chi connectivity index (χ0n) is 10.2. The van der Waals surface area contributed by atoms with Crippen LogP contribution in [0.4, 0.5) is 0 Å². The van der Waals surface area contributed by atoms with Gasteiger partial charge in [0.15, 0.2) is 0 Å². The van der Waals surface area contributed by atoms with E-state index < -0.39 is 0 Å². The van der Waals surface area contributed by atoms with Crippen LogP contribution in [0.2, 0.25) is 0 Å². The highest BCUT2D eigenvalue weighted by Gasteiger charge is 2.19. The van der Waals surface area contributed by atoms with Gasteiger partial charge in [-0.25, -0.2) is 0 Å². The number of phenols is 1. The van der Waals surface area contributed by atoms with Gasteiger partial charge < -0.3 is 10.1 Å². The first kappa shape index (κ1) is 10.7.